The van der Waals surface area contributed by atoms with Crippen LogP contribution in [0.25, 0.3) is 0 Å². The van der Waals surface area contributed by atoms with Gasteiger partial charge < -0.3 is 5.32 Å². The van der Waals surface area contributed by atoms with Crippen LogP contribution in [0.2, 0.25) is 15.1 Å². The molecule has 0 amide bonds. The first kappa shape index (κ1) is 16.6. The van der Waals surface area contributed by atoms with E-state index in [9.17, 15) is 4.39 Å². The fourth-order valence-electron chi connectivity index (χ4n) is 2.19. The molecule has 2 aromatic rings. The molecule has 0 aliphatic rings. The number of nitrogens with one attached hydrogen (secondary N) is 1. The molecule has 0 saturated heterocycles. The fourth-order valence-corrected chi connectivity index (χ4v) is 2.71. The van der Waals surface area contributed by atoms with E-state index >= 15 is 0 Å². The topological polar surface area (TPSA) is 12.0 Å². The summed E-state index contributed by atoms with van der Waals surface area (Å²) in [6.45, 7) is 0. The minimum atomic E-state index is -0.279. The standard InChI is InChI=1S/C16H15Cl3FN/c1-21-13(6-10-2-4-15(18)16(19)7-10)9-11-8-12(20)3-5-14(11)17/h2-5,7-8,13,21H,6,9H2,1H3. The second-order valence-corrected chi connectivity index (χ2v) is 6.10. The van der Waals surface area contributed by atoms with Gasteiger partial charge in [0.15, 0.2) is 0 Å². The molecular formula is C16H15Cl3FN. The number of rotatable bonds is 5. The van der Waals surface area contributed by atoms with Crippen LogP contribution < -0.4 is 5.32 Å². The first-order valence-electron chi connectivity index (χ1n) is 6.54. The van der Waals surface area contributed by atoms with Crippen molar-refractivity contribution in [2.45, 2.75) is 18.9 Å². The molecule has 0 heterocycles. The molecule has 1 N–H and O–H groups in total. The van der Waals surface area contributed by atoms with Gasteiger partial charge in [0.05, 0.1) is 10.0 Å². The maximum absolute atomic E-state index is 13.3. The summed E-state index contributed by atoms with van der Waals surface area (Å²) in [5.74, 6) is -0.279. The Balaban J connectivity index is 2.12. The third-order valence-corrected chi connectivity index (χ3v) is 4.46. The first-order chi connectivity index (χ1) is 9.99. The van der Waals surface area contributed by atoms with Crippen molar-refractivity contribution < 1.29 is 4.39 Å². The molecule has 0 aliphatic carbocycles. The van der Waals surface area contributed by atoms with Crippen LogP contribution in [0, 0.1) is 5.82 Å². The Kier molecular flexibility index (Phi) is 5.88. The van der Waals surface area contributed by atoms with E-state index in [0.29, 0.717) is 21.5 Å². The van der Waals surface area contributed by atoms with Gasteiger partial charge in [0.25, 0.3) is 0 Å². The molecule has 21 heavy (non-hydrogen) atoms. The van der Waals surface area contributed by atoms with E-state index in [4.69, 9.17) is 34.8 Å². The molecule has 0 spiro atoms. The number of benzene rings is 2. The van der Waals surface area contributed by atoms with Gasteiger partial charge >= 0.3 is 0 Å². The molecule has 0 aromatic heterocycles. The van der Waals surface area contributed by atoms with Crippen molar-refractivity contribution in [3.8, 4) is 0 Å². The van der Waals surface area contributed by atoms with E-state index in [0.717, 1.165) is 17.5 Å². The van der Waals surface area contributed by atoms with E-state index in [1.165, 1.54) is 12.1 Å². The van der Waals surface area contributed by atoms with E-state index < -0.39 is 0 Å². The van der Waals surface area contributed by atoms with Crippen molar-refractivity contribution in [3.05, 3.63) is 68.4 Å². The highest BCUT2D eigenvalue weighted by molar-refractivity contribution is 6.42. The summed E-state index contributed by atoms with van der Waals surface area (Å²) in [5.41, 5.74) is 1.85. The van der Waals surface area contributed by atoms with Crippen molar-refractivity contribution in [3.63, 3.8) is 0 Å². The summed E-state index contributed by atoms with van der Waals surface area (Å²) in [6, 6.07) is 10.1. The van der Waals surface area contributed by atoms with E-state index in [-0.39, 0.29) is 11.9 Å². The molecule has 0 saturated carbocycles. The molecule has 0 fully saturated rings. The van der Waals surface area contributed by atoms with Crippen molar-refractivity contribution in [1.29, 1.82) is 0 Å². The second-order valence-electron chi connectivity index (χ2n) is 4.88. The highest BCUT2D eigenvalue weighted by atomic mass is 35.5. The third kappa shape index (κ3) is 4.58. The molecule has 5 heteroatoms. The van der Waals surface area contributed by atoms with E-state index in [1.54, 1.807) is 12.1 Å². The average molecular weight is 347 g/mol. The normalized spacial score (nSPS) is 12.4. The molecule has 0 radical (unpaired) electrons. The molecule has 1 unspecified atom stereocenters. The van der Waals surface area contributed by atoms with Crippen molar-refractivity contribution >= 4 is 34.8 Å². The Morgan fingerprint density at radius 2 is 1.67 bits per heavy atom. The maximum atomic E-state index is 13.3. The quantitative estimate of drug-likeness (QED) is 0.788. The molecule has 1 atom stereocenters. The molecule has 2 rings (SSSR count). The molecule has 112 valence electrons. The summed E-state index contributed by atoms with van der Waals surface area (Å²) >= 11 is 18.0. The van der Waals surface area contributed by atoms with Gasteiger partial charge in [-0.3, -0.25) is 0 Å². The molecule has 2 aromatic carbocycles. The van der Waals surface area contributed by atoms with Crippen molar-refractivity contribution in [2.75, 3.05) is 7.05 Å². The minimum Gasteiger partial charge on any atom is -0.316 e. The molecule has 0 aliphatic heterocycles. The highest BCUT2D eigenvalue weighted by Crippen LogP contribution is 2.24. The van der Waals surface area contributed by atoms with Crippen LogP contribution in [0.15, 0.2) is 36.4 Å². The number of halogens is 4. The summed E-state index contributed by atoms with van der Waals surface area (Å²) in [7, 11) is 1.87. The lowest BCUT2D eigenvalue weighted by Gasteiger charge is -2.17. The third-order valence-electron chi connectivity index (χ3n) is 3.35. The summed E-state index contributed by atoms with van der Waals surface area (Å²) in [6.07, 6.45) is 1.38. The van der Waals surface area contributed by atoms with Crippen LogP contribution in [0.1, 0.15) is 11.1 Å². The second kappa shape index (κ2) is 7.46. The van der Waals surface area contributed by atoms with Crippen molar-refractivity contribution in [1.82, 2.24) is 5.32 Å². The van der Waals surface area contributed by atoms with Crippen LogP contribution in [0.3, 0.4) is 0 Å². The monoisotopic (exact) mass is 345 g/mol. The summed E-state index contributed by atoms with van der Waals surface area (Å²) in [4.78, 5) is 0. The van der Waals surface area contributed by atoms with Gasteiger partial charge in [-0.25, -0.2) is 4.39 Å². The fraction of sp³-hybridized carbons (Fsp3) is 0.250. The smallest absolute Gasteiger partial charge is 0.123 e. The van der Waals surface area contributed by atoms with Crippen molar-refractivity contribution in [2.24, 2.45) is 0 Å². The molecule has 0 bridgehead atoms. The van der Waals surface area contributed by atoms with Crippen LogP contribution in [-0.2, 0) is 12.8 Å². The van der Waals surface area contributed by atoms with E-state index in [2.05, 4.69) is 5.32 Å². The lowest BCUT2D eigenvalue weighted by atomic mass is 9.99. The van der Waals surface area contributed by atoms with Gasteiger partial charge in [0, 0.05) is 11.1 Å². The largest absolute Gasteiger partial charge is 0.316 e. The van der Waals surface area contributed by atoms with E-state index in [1.807, 2.05) is 19.2 Å². The number of likely N-dealkylation sites (N-methyl/N-ethyl adjacent to an activating group) is 1. The van der Waals surface area contributed by atoms with Gasteiger partial charge in [0.1, 0.15) is 5.82 Å². The zero-order chi connectivity index (χ0) is 15.4. The zero-order valence-electron chi connectivity index (χ0n) is 11.5. The molecular weight excluding hydrogens is 332 g/mol. The number of hydrogen-bond acceptors (Lipinski definition) is 1. The Bertz CT molecular complexity index is 631. The summed E-state index contributed by atoms with van der Waals surface area (Å²) in [5, 5.41) is 4.87. The predicted molar refractivity (Wildman–Crippen MR) is 88.1 cm³/mol. The van der Waals surface area contributed by atoms with Crippen LogP contribution in [0.5, 0.6) is 0 Å². The Morgan fingerprint density at radius 3 is 2.33 bits per heavy atom. The average Bonchev–Trinajstić information content (AvgIpc) is 2.46. The Labute approximate surface area is 139 Å². The first-order valence-corrected chi connectivity index (χ1v) is 7.68. The van der Waals surface area contributed by atoms with Crippen LogP contribution in [-0.4, -0.2) is 13.1 Å². The highest BCUT2D eigenvalue weighted by Gasteiger charge is 2.12. The van der Waals surface area contributed by atoms with Gasteiger partial charge in [0.2, 0.25) is 0 Å². The van der Waals surface area contributed by atoms with Gasteiger partial charge in [-0.1, -0.05) is 40.9 Å². The predicted octanol–water partition coefficient (Wildman–Crippen LogP) is 5.16. The molecule has 1 nitrogen and oxygen atoms in total. The Hall–Kier alpha value is -0.800. The lowest BCUT2D eigenvalue weighted by molar-refractivity contribution is 0.553. The lowest BCUT2D eigenvalue weighted by Crippen LogP contribution is -2.30. The maximum Gasteiger partial charge on any atom is 0.123 e. The SMILES string of the molecule is CNC(Cc1ccc(Cl)c(Cl)c1)Cc1cc(F)ccc1Cl. The van der Waals surface area contributed by atoms with Gasteiger partial charge in [-0.05, 0) is 61.3 Å². The minimum absolute atomic E-state index is 0.126. The number of hydrogen-bond donors (Lipinski definition) is 1. The zero-order valence-corrected chi connectivity index (χ0v) is 13.7. The van der Waals surface area contributed by atoms with Gasteiger partial charge in [-0.15, -0.1) is 0 Å². The Morgan fingerprint density at radius 1 is 0.952 bits per heavy atom. The van der Waals surface area contributed by atoms with Gasteiger partial charge in [-0.2, -0.15) is 0 Å². The van der Waals surface area contributed by atoms with Crippen LogP contribution >= 0.6 is 34.8 Å². The summed E-state index contributed by atoms with van der Waals surface area (Å²) < 4.78 is 13.3. The van der Waals surface area contributed by atoms with Crippen LogP contribution in [0.4, 0.5) is 4.39 Å².